The van der Waals surface area contributed by atoms with Crippen molar-refractivity contribution in [3.8, 4) is 0 Å². The maximum Gasteiger partial charge on any atom is 0.336 e. The van der Waals surface area contributed by atoms with Gasteiger partial charge < -0.3 is 9.52 Å². The molecule has 0 saturated heterocycles. The number of aliphatic hydroxyl groups excluding tert-OH is 1. The van der Waals surface area contributed by atoms with Gasteiger partial charge in [0.05, 0.1) is 6.61 Å². The average Bonchev–Trinajstić information content (AvgIpc) is 2.46. The first kappa shape index (κ1) is 14.8. The molecule has 0 fully saturated rings. The molecule has 0 bridgehead atoms. The number of aryl methyl sites for hydroxylation is 1. The molecule has 108 valence electrons. The summed E-state index contributed by atoms with van der Waals surface area (Å²) in [6.45, 7) is 6.34. The van der Waals surface area contributed by atoms with Crippen molar-refractivity contribution in [1.82, 2.24) is 4.90 Å². The van der Waals surface area contributed by atoms with Crippen molar-refractivity contribution in [2.45, 2.75) is 26.8 Å². The average molecular weight is 275 g/mol. The summed E-state index contributed by atoms with van der Waals surface area (Å²) in [5.41, 5.74) is 2.49. The van der Waals surface area contributed by atoms with E-state index in [0.29, 0.717) is 18.7 Å². The van der Waals surface area contributed by atoms with E-state index in [1.165, 1.54) is 5.56 Å². The van der Waals surface area contributed by atoms with Gasteiger partial charge in [-0.15, -0.1) is 0 Å². The van der Waals surface area contributed by atoms with Crippen LogP contribution in [0.5, 0.6) is 0 Å². The molecule has 0 aliphatic rings. The Balaban J connectivity index is 2.46. The fraction of sp³-hybridized carbons (Fsp3) is 0.438. The summed E-state index contributed by atoms with van der Waals surface area (Å²) in [6, 6.07) is 7.49. The highest BCUT2D eigenvalue weighted by atomic mass is 16.4. The molecule has 2 rings (SSSR count). The number of fused-ring (bicyclic) bond motifs is 1. The van der Waals surface area contributed by atoms with Crippen molar-refractivity contribution in [2.75, 3.05) is 19.7 Å². The number of likely N-dealkylation sites (N-methyl/N-ethyl adjacent to an activating group) is 1. The summed E-state index contributed by atoms with van der Waals surface area (Å²) < 4.78 is 5.25. The van der Waals surface area contributed by atoms with Crippen molar-refractivity contribution >= 4 is 11.0 Å². The third kappa shape index (κ3) is 3.26. The maximum atomic E-state index is 11.7. The molecule has 1 aromatic carbocycles. The van der Waals surface area contributed by atoms with E-state index in [0.717, 1.165) is 23.9 Å². The third-order valence-electron chi connectivity index (χ3n) is 3.56. The van der Waals surface area contributed by atoms with Crippen LogP contribution in [0.25, 0.3) is 11.0 Å². The van der Waals surface area contributed by atoms with Crippen LogP contribution in [0.2, 0.25) is 0 Å². The lowest BCUT2D eigenvalue weighted by Gasteiger charge is -2.19. The molecule has 0 radical (unpaired) electrons. The van der Waals surface area contributed by atoms with Gasteiger partial charge in [-0.25, -0.2) is 4.79 Å². The molecule has 20 heavy (non-hydrogen) atoms. The number of hydrogen-bond donors (Lipinski definition) is 1. The molecule has 1 N–H and O–H groups in total. The molecule has 1 heterocycles. The van der Waals surface area contributed by atoms with E-state index in [1.54, 1.807) is 6.07 Å². The Morgan fingerprint density at radius 1 is 1.25 bits per heavy atom. The molecule has 4 nitrogen and oxygen atoms in total. The summed E-state index contributed by atoms with van der Waals surface area (Å²) in [5.74, 6) is 0. The van der Waals surface area contributed by atoms with Gasteiger partial charge in [-0.2, -0.15) is 0 Å². The van der Waals surface area contributed by atoms with E-state index in [9.17, 15) is 4.79 Å². The number of aliphatic hydroxyl groups is 1. The Bertz CT molecular complexity index is 633. The Hall–Kier alpha value is -1.65. The number of hydrogen-bond acceptors (Lipinski definition) is 4. The summed E-state index contributed by atoms with van der Waals surface area (Å²) >= 11 is 0. The molecular weight excluding hydrogens is 254 g/mol. The highest BCUT2D eigenvalue weighted by Crippen LogP contribution is 2.20. The Labute approximate surface area is 118 Å². The topological polar surface area (TPSA) is 53.7 Å². The first-order valence-electron chi connectivity index (χ1n) is 7.06. The maximum absolute atomic E-state index is 11.7. The van der Waals surface area contributed by atoms with E-state index in [-0.39, 0.29) is 12.2 Å². The number of nitrogens with zero attached hydrogens (tertiary/aromatic N) is 1. The van der Waals surface area contributed by atoms with Crippen LogP contribution in [0.15, 0.2) is 33.5 Å². The summed E-state index contributed by atoms with van der Waals surface area (Å²) in [5, 5.41) is 10.1. The molecule has 0 saturated carbocycles. The predicted octanol–water partition coefficient (Wildman–Crippen LogP) is 2.17. The molecule has 2 aromatic rings. The normalized spacial score (nSPS) is 11.4. The Morgan fingerprint density at radius 3 is 2.70 bits per heavy atom. The van der Waals surface area contributed by atoms with Crippen LogP contribution in [0.1, 0.15) is 25.0 Å². The van der Waals surface area contributed by atoms with Crippen LogP contribution in [-0.4, -0.2) is 29.7 Å². The van der Waals surface area contributed by atoms with Crippen molar-refractivity contribution in [3.63, 3.8) is 0 Å². The highest BCUT2D eigenvalue weighted by Gasteiger charge is 2.10. The van der Waals surface area contributed by atoms with Crippen molar-refractivity contribution in [3.05, 3.63) is 45.8 Å². The van der Waals surface area contributed by atoms with Gasteiger partial charge in [-0.05, 0) is 36.2 Å². The van der Waals surface area contributed by atoms with E-state index < -0.39 is 0 Å². The van der Waals surface area contributed by atoms with Gasteiger partial charge in [0.2, 0.25) is 0 Å². The van der Waals surface area contributed by atoms with Gasteiger partial charge in [0.1, 0.15) is 5.58 Å². The Morgan fingerprint density at radius 2 is 2.05 bits per heavy atom. The lowest BCUT2D eigenvalue weighted by Crippen LogP contribution is -2.26. The van der Waals surface area contributed by atoms with Gasteiger partial charge in [0.15, 0.2) is 0 Å². The molecule has 0 amide bonds. The first-order valence-corrected chi connectivity index (χ1v) is 7.06. The van der Waals surface area contributed by atoms with Crippen LogP contribution >= 0.6 is 0 Å². The standard InChI is InChI=1S/C16H21NO3/c1-3-12-5-6-15-14(9-12)13(10-16(19)20-15)11-17(4-2)7-8-18/h5-6,9-10,18H,3-4,7-8,11H2,1-2H3. The van der Waals surface area contributed by atoms with Crippen LogP contribution in [-0.2, 0) is 13.0 Å². The fourth-order valence-corrected chi connectivity index (χ4v) is 2.36. The molecule has 0 aliphatic heterocycles. The second kappa shape index (κ2) is 6.68. The Kier molecular flexibility index (Phi) is 4.93. The van der Waals surface area contributed by atoms with Crippen LogP contribution in [0, 0.1) is 0 Å². The van der Waals surface area contributed by atoms with Crippen molar-refractivity contribution in [2.24, 2.45) is 0 Å². The summed E-state index contributed by atoms with van der Waals surface area (Å²) in [4.78, 5) is 13.8. The second-order valence-electron chi connectivity index (χ2n) is 4.87. The van der Waals surface area contributed by atoms with Crippen LogP contribution in [0.3, 0.4) is 0 Å². The fourth-order valence-electron chi connectivity index (χ4n) is 2.36. The molecule has 4 heteroatoms. The SMILES string of the molecule is CCc1ccc2oc(=O)cc(CN(CC)CCO)c2c1. The van der Waals surface area contributed by atoms with Crippen molar-refractivity contribution in [1.29, 1.82) is 0 Å². The number of rotatable bonds is 6. The molecule has 1 aromatic heterocycles. The molecule has 0 aliphatic carbocycles. The third-order valence-corrected chi connectivity index (χ3v) is 3.56. The van der Waals surface area contributed by atoms with E-state index in [4.69, 9.17) is 9.52 Å². The smallest absolute Gasteiger partial charge is 0.336 e. The van der Waals surface area contributed by atoms with E-state index >= 15 is 0 Å². The first-order chi connectivity index (χ1) is 9.67. The van der Waals surface area contributed by atoms with Crippen LogP contribution in [0.4, 0.5) is 0 Å². The zero-order chi connectivity index (χ0) is 14.5. The van der Waals surface area contributed by atoms with Gasteiger partial charge >= 0.3 is 5.63 Å². The van der Waals surface area contributed by atoms with Gasteiger partial charge in [-0.3, -0.25) is 4.90 Å². The molecule has 0 spiro atoms. The van der Waals surface area contributed by atoms with Crippen molar-refractivity contribution < 1.29 is 9.52 Å². The van der Waals surface area contributed by atoms with E-state index in [1.807, 2.05) is 19.1 Å². The van der Waals surface area contributed by atoms with Crippen LogP contribution < -0.4 is 5.63 Å². The number of benzene rings is 1. The zero-order valence-electron chi connectivity index (χ0n) is 12.1. The molecular formula is C16H21NO3. The minimum Gasteiger partial charge on any atom is -0.423 e. The molecule has 0 atom stereocenters. The quantitative estimate of drug-likeness (QED) is 0.821. The predicted molar refractivity (Wildman–Crippen MR) is 79.9 cm³/mol. The second-order valence-corrected chi connectivity index (χ2v) is 4.87. The van der Waals surface area contributed by atoms with Gasteiger partial charge in [-0.1, -0.05) is 19.9 Å². The lowest BCUT2D eigenvalue weighted by atomic mass is 10.1. The summed E-state index contributed by atoms with van der Waals surface area (Å²) in [7, 11) is 0. The van der Waals surface area contributed by atoms with E-state index in [2.05, 4.69) is 17.9 Å². The van der Waals surface area contributed by atoms with Gasteiger partial charge in [0.25, 0.3) is 0 Å². The lowest BCUT2D eigenvalue weighted by molar-refractivity contribution is 0.197. The molecule has 0 unspecified atom stereocenters. The largest absolute Gasteiger partial charge is 0.423 e. The summed E-state index contributed by atoms with van der Waals surface area (Å²) in [6.07, 6.45) is 0.947. The highest BCUT2D eigenvalue weighted by molar-refractivity contribution is 5.80. The zero-order valence-corrected chi connectivity index (χ0v) is 12.1. The monoisotopic (exact) mass is 275 g/mol. The van der Waals surface area contributed by atoms with Gasteiger partial charge in [0, 0.05) is 24.5 Å². The minimum absolute atomic E-state index is 0.118. The minimum atomic E-state index is -0.322.